The number of thioether (sulfide) groups is 1. The van der Waals surface area contributed by atoms with Crippen LogP contribution in [0.5, 0.6) is 0 Å². The van der Waals surface area contributed by atoms with Crippen LogP contribution in [0.2, 0.25) is 0 Å². The lowest BCUT2D eigenvalue weighted by atomic mass is 10.2. The topological polar surface area (TPSA) is 55.1 Å². The van der Waals surface area contributed by atoms with Crippen LogP contribution in [0, 0.1) is 0 Å². The predicted molar refractivity (Wildman–Crippen MR) is 70.1 cm³/mol. The van der Waals surface area contributed by atoms with E-state index in [0.29, 0.717) is 5.75 Å². The van der Waals surface area contributed by atoms with Crippen LogP contribution in [0.25, 0.3) is 11.0 Å². The molecule has 0 aliphatic heterocycles. The van der Waals surface area contributed by atoms with Crippen molar-refractivity contribution in [3.8, 4) is 0 Å². The van der Waals surface area contributed by atoms with Gasteiger partial charge < -0.3 is 9.67 Å². The predicted octanol–water partition coefficient (Wildman–Crippen LogP) is 3.12. The zero-order valence-corrected chi connectivity index (χ0v) is 11.3. The summed E-state index contributed by atoms with van der Waals surface area (Å²) in [6.45, 7) is 0.0524. The highest BCUT2D eigenvalue weighted by molar-refractivity contribution is 7.98. The van der Waals surface area contributed by atoms with Gasteiger partial charge in [0.05, 0.1) is 16.6 Å². The van der Waals surface area contributed by atoms with E-state index < -0.39 is 18.0 Å². The number of halogens is 3. The fourth-order valence-electron chi connectivity index (χ4n) is 1.97. The van der Waals surface area contributed by atoms with Crippen LogP contribution in [-0.4, -0.2) is 32.6 Å². The van der Waals surface area contributed by atoms with Gasteiger partial charge in [-0.05, 0) is 18.4 Å². The Labute approximate surface area is 116 Å². The van der Waals surface area contributed by atoms with Gasteiger partial charge in [-0.3, -0.25) is 0 Å². The van der Waals surface area contributed by atoms with E-state index >= 15 is 0 Å². The van der Waals surface area contributed by atoms with E-state index in [1.165, 1.54) is 30.0 Å². The van der Waals surface area contributed by atoms with Crippen LogP contribution in [0.3, 0.4) is 0 Å². The van der Waals surface area contributed by atoms with Gasteiger partial charge in [0, 0.05) is 12.3 Å². The lowest BCUT2D eigenvalue weighted by Gasteiger charge is -2.11. The zero-order chi connectivity index (χ0) is 14.9. The maximum absolute atomic E-state index is 13.0. The van der Waals surface area contributed by atoms with Gasteiger partial charge in [-0.2, -0.15) is 24.9 Å². The molecule has 0 radical (unpaired) electrons. The first-order chi connectivity index (χ1) is 9.36. The normalized spacial score (nSPS) is 12.0. The molecule has 0 spiro atoms. The minimum Gasteiger partial charge on any atom is -0.478 e. The summed E-state index contributed by atoms with van der Waals surface area (Å²) in [5, 5.41) is 9.12. The van der Waals surface area contributed by atoms with Crippen LogP contribution in [0.1, 0.15) is 16.2 Å². The van der Waals surface area contributed by atoms with Crippen molar-refractivity contribution in [2.24, 2.45) is 0 Å². The van der Waals surface area contributed by atoms with Gasteiger partial charge in [0.1, 0.15) is 0 Å². The number of aromatic carboxylic acids is 1. The van der Waals surface area contributed by atoms with Crippen molar-refractivity contribution in [1.29, 1.82) is 0 Å². The van der Waals surface area contributed by atoms with E-state index in [9.17, 15) is 18.0 Å². The lowest BCUT2D eigenvalue weighted by molar-refractivity contribution is -0.146. The highest BCUT2D eigenvalue weighted by Crippen LogP contribution is 2.32. The Morgan fingerprint density at radius 2 is 2.15 bits per heavy atom. The van der Waals surface area contributed by atoms with Crippen LogP contribution in [0.15, 0.2) is 18.2 Å². The van der Waals surface area contributed by atoms with Gasteiger partial charge >= 0.3 is 12.1 Å². The second-order valence-corrected chi connectivity index (χ2v) is 5.04. The molecule has 0 bridgehead atoms. The minimum absolute atomic E-state index is 0.0152. The summed E-state index contributed by atoms with van der Waals surface area (Å²) in [4.78, 5) is 14.7. The molecule has 0 atom stereocenters. The molecule has 108 valence electrons. The molecule has 0 unspecified atom stereocenters. The van der Waals surface area contributed by atoms with Gasteiger partial charge in [0.25, 0.3) is 0 Å². The van der Waals surface area contributed by atoms with Gasteiger partial charge in [0.2, 0.25) is 5.82 Å². The molecular weight excluding hydrogens is 293 g/mol. The summed E-state index contributed by atoms with van der Waals surface area (Å²) in [6, 6.07) is 4.05. The van der Waals surface area contributed by atoms with E-state index in [0.717, 1.165) is 4.57 Å². The number of para-hydroxylation sites is 1. The summed E-state index contributed by atoms with van der Waals surface area (Å²) < 4.78 is 40.0. The van der Waals surface area contributed by atoms with E-state index in [1.54, 1.807) is 6.26 Å². The largest absolute Gasteiger partial charge is 0.478 e. The number of hydrogen-bond acceptors (Lipinski definition) is 3. The second-order valence-electron chi connectivity index (χ2n) is 4.06. The molecule has 0 saturated heterocycles. The Kier molecular flexibility index (Phi) is 3.94. The monoisotopic (exact) mass is 304 g/mol. The number of carboxylic acids is 1. The molecule has 2 aromatic rings. The van der Waals surface area contributed by atoms with Crippen molar-refractivity contribution < 1.29 is 23.1 Å². The Hall–Kier alpha value is -1.70. The Bertz CT molecular complexity index is 652. The molecule has 20 heavy (non-hydrogen) atoms. The minimum atomic E-state index is -4.62. The molecule has 0 aliphatic rings. The Morgan fingerprint density at radius 1 is 1.45 bits per heavy atom. The van der Waals surface area contributed by atoms with Crippen molar-refractivity contribution in [3.05, 3.63) is 29.6 Å². The first-order valence-electron chi connectivity index (χ1n) is 5.65. The van der Waals surface area contributed by atoms with E-state index in [2.05, 4.69) is 4.98 Å². The van der Waals surface area contributed by atoms with Gasteiger partial charge in [-0.1, -0.05) is 6.07 Å². The smallest absolute Gasteiger partial charge is 0.449 e. The maximum Gasteiger partial charge on any atom is 0.449 e. The number of carboxylic acid groups (broad SMARTS) is 1. The van der Waals surface area contributed by atoms with Gasteiger partial charge in [-0.15, -0.1) is 0 Å². The molecule has 0 saturated carbocycles. The second kappa shape index (κ2) is 5.35. The quantitative estimate of drug-likeness (QED) is 0.943. The Morgan fingerprint density at radius 3 is 2.70 bits per heavy atom. The van der Waals surface area contributed by atoms with E-state index in [1.807, 2.05) is 0 Å². The molecule has 8 heteroatoms. The lowest BCUT2D eigenvalue weighted by Crippen LogP contribution is -2.16. The number of fused-ring (bicyclic) bond motifs is 1. The van der Waals surface area contributed by atoms with Crippen molar-refractivity contribution in [2.75, 3.05) is 12.0 Å². The first kappa shape index (κ1) is 14.7. The molecule has 4 nitrogen and oxygen atoms in total. The summed E-state index contributed by atoms with van der Waals surface area (Å²) >= 11 is 1.38. The average molecular weight is 304 g/mol. The summed E-state index contributed by atoms with van der Waals surface area (Å²) in [5.41, 5.74) is -0.119. The average Bonchev–Trinajstić information content (AvgIpc) is 2.74. The van der Waals surface area contributed by atoms with Crippen LogP contribution in [-0.2, 0) is 12.7 Å². The molecule has 1 heterocycles. The molecule has 0 amide bonds. The number of carbonyl (C=O) groups is 1. The van der Waals surface area contributed by atoms with Crippen molar-refractivity contribution >= 4 is 28.8 Å². The van der Waals surface area contributed by atoms with Gasteiger partial charge in [-0.25, -0.2) is 9.78 Å². The van der Waals surface area contributed by atoms with Gasteiger partial charge in [0.15, 0.2) is 0 Å². The van der Waals surface area contributed by atoms with Crippen LogP contribution in [0.4, 0.5) is 13.2 Å². The third kappa shape index (κ3) is 2.60. The van der Waals surface area contributed by atoms with Crippen LogP contribution >= 0.6 is 11.8 Å². The fraction of sp³-hybridized carbons (Fsp3) is 0.333. The number of aromatic nitrogens is 2. The third-order valence-corrected chi connectivity index (χ3v) is 3.36. The maximum atomic E-state index is 13.0. The fourth-order valence-corrected chi connectivity index (χ4v) is 2.34. The number of rotatable bonds is 4. The zero-order valence-electron chi connectivity index (χ0n) is 10.4. The number of nitrogens with zero attached hydrogens (tertiary/aromatic N) is 2. The van der Waals surface area contributed by atoms with Crippen molar-refractivity contribution in [3.63, 3.8) is 0 Å². The standard InChI is InChI=1S/C12H11F3N2O2S/c1-20-6-5-17-9-7(10(18)19)3-2-4-8(9)16-11(17)12(13,14)15/h2-4H,5-6H2,1H3,(H,18,19). The number of imidazole rings is 1. The van der Waals surface area contributed by atoms with Crippen LogP contribution < -0.4 is 0 Å². The summed E-state index contributed by atoms with van der Waals surface area (Å²) in [7, 11) is 0. The van der Waals surface area contributed by atoms with Crippen molar-refractivity contribution in [2.45, 2.75) is 12.7 Å². The number of alkyl halides is 3. The molecule has 1 aromatic carbocycles. The Balaban J connectivity index is 2.75. The summed E-state index contributed by atoms with van der Waals surface area (Å²) in [5.74, 6) is -1.90. The summed E-state index contributed by atoms with van der Waals surface area (Å²) in [6.07, 6.45) is -2.85. The molecule has 1 aromatic heterocycles. The van der Waals surface area contributed by atoms with E-state index in [-0.39, 0.29) is 23.1 Å². The van der Waals surface area contributed by atoms with Crippen molar-refractivity contribution in [1.82, 2.24) is 9.55 Å². The highest BCUT2D eigenvalue weighted by atomic mass is 32.2. The SMILES string of the molecule is CSCCn1c(C(F)(F)F)nc2cccc(C(=O)O)c21. The first-order valence-corrected chi connectivity index (χ1v) is 7.04. The molecule has 1 N–H and O–H groups in total. The third-order valence-electron chi connectivity index (χ3n) is 2.77. The number of benzene rings is 1. The molecule has 0 aliphatic carbocycles. The number of aryl methyl sites for hydroxylation is 1. The highest BCUT2D eigenvalue weighted by Gasteiger charge is 2.38. The van der Waals surface area contributed by atoms with E-state index in [4.69, 9.17) is 5.11 Å². The molecular formula is C12H11F3N2O2S. The number of hydrogen-bond donors (Lipinski definition) is 1. The molecule has 0 fully saturated rings. The molecule has 2 rings (SSSR count).